The van der Waals surface area contributed by atoms with E-state index in [4.69, 9.17) is 5.73 Å². The molecule has 8 heteroatoms. The Labute approximate surface area is 152 Å². The van der Waals surface area contributed by atoms with E-state index in [0.29, 0.717) is 30.1 Å². The van der Waals surface area contributed by atoms with Crippen molar-refractivity contribution in [2.24, 2.45) is 11.8 Å². The zero-order chi connectivity index (χ0) is 18.7. The molecular weight excluding hydrogens is 332 g/mol. The van der Waals surface area contributed by atoms with E-state index in [0.717, 1.165) is 25.1 Å². The Kier molecular flexibility index (Phi) is 5.20. The molecule has 0 bridgehead atoms. The van der Waals surface area contributed by atoms with Gasteiger partial charge in [0.25, 0.3) is 0 Å². The number of nitrogens with one attached hydrogen (secondary N) is 1. The van der Waals surface area contributed by atoms with Crippen LogP contribution in [0.3, 0.4) is 0 Å². The van der Waals surface area contributed by atoms with Gasteiger partial charge in [0.1, 0.15) is 0 Å². The van der Waals surface area contributed by atoms with Crippen LogP contribution in [0, 0.1) is 22.0 Å². The topological polar surface area (TPSA) is 110 Å². The van der Waals surface area contributed by atoms with E-state index in [1.165, 1.54) is 0 Å². The van der Waals surface area contributed by atoms with Gasteiger partial charge in [-0.15, -0.1) is 0 Å². The van der Waals surface area contributed by atoms with Gasteiger partial charge in [-0.05, 0) is 23.8 Å². The standard InChI is InChI=1S/C18H24N6O2/c1-12-8-13(2)11-23(10-12)17-15(24(25)26)16(19)21-18(22-17)20-9-14-6-4-3-5-7-14/h3-7,12-13H,8-11H2,1-2H3,(H3,19,20,21,22)/t12-,13-/m0/s1. The number of nitrogen functional groups attached to an aromatic ring is 1. The van der Waals surface area contributed by atoms with E-state index in [2.05, 4.69) is 29.1 Å². The molecule has 8 nitrogen and oxygen atoms in total. The molecule has 1 saturated heterocycles. The molecule has 2 atom stereocenters. The summed E-state index contributed by atoms with van der Waals surface area (Å²) in [5.41, 5.74) is 6.76. The Hall–Kier alpha value is -2.90. The number of aromatic nitrogens is 2. The van der Waals surface area contributed by atoms with Crippen LogP contribution in [-0.2, 0) is 6.54 Å². The molecular formula is C18H24N6O2. The molecule has 1 aromatic heterocycles. The first-order valence-electron chi connectivity index (χ1n) is 8.78. The van der Waals surface area contributed by atoms with E-state index in [-0.39, 0.29) is 11.5 Å². The number of rotatable bonds is 5. The lowest BCUT2D eigenvalue weighted by molar-refractivity contribution is -0.383. The summed E-state index contributed by atoms with van der Waals surface area (Å²) in [6.45, 7) is 6.26. The van der Waals surface area contributed by atoms with Crippen molar-refractivity contribution in [1.82, 2.24) is 9.97 Å². The minimum Gasteiger partial charge on any atom is -0.378 e. The van der Waals surface area contributed by atoms with Crippen molar-refractivity contribution in [3.63, 3.8) is 0 Å². The molecule has 0 amide bonds. The number of piperidine rings is 1. The molecule has 1 aliphatic heterocycles. The number of nitrogens with zero attached hydrogens (tertiary/aromatic N) is 4. The number of benzene rings is 1. The zero-order valence-corrected chi connectivity index (χ0v) is 15.1. The van der Waals surface area contributed by atoms with Crippen LogP contribution < -0.4 is 16.0 Å². The quantitative estimate of drug-likeness (QED) is 0.625. The predicted octanol–water partition coefficient (Wildman–Crippen LogP) is 3.06. The van der Waals surface area contributed by atoms with Crippen molar-refractivity contribution in [2.45, 2.75) is 26.8 Å². The summed E-state index contributed by atoms with van der Waals surface area (Å²) in [5, 5.41) is 14.7. The third-order valence-electron chi connectivity index (χ3n) is 4.54. The van der Waals surface area contributed by atoms with E-state index in [1.54, 1.807) is 0 Å². The molecule has 1 aromatic carbocycles. The van der Waals surface area contributed by atoms with Crippen molar-refractivity contribution in [3.8, 4) is 0 Å². The molecule has 0 spiro atoms. The van der Waals surface area contributed by atoms with Crippen LogP contribution in [-0.4, -0.2) is 28.0 Å². The van der Waals surface area contributed by atoms with Crippen molar-refractivity contribution in [1.29, 1.82) is 0 Å². The predicted molar refractivity (Wildman–Crippen MR) is 102 cm³/mol. The number of anilines is 3. The number of hydrogen-bond donors (Lipinski definition) is 2. The molecule has 0 aliphatic carbocycles. The molecule has 1 aliphatic rings. The van der Waals surface area contributed by atoms with Crippen LogP contribution in [0.5, 0.6) is 0 Å². The molecule has 2 aromatic rings. The van der Waals surface area contributed by atoms with E-state index in [9.17, 15) is 10.1 Å². The highest BCUT2D eigenvalue weighted by Gasteiger charge is 2.31. The maximum Gasteiger partial charge on any atom is 0.353 e. The van der Waals surface area contributed by atoms with Crippen LogP contribution in [0.4, 0.5) is 23.3 Å². The SMILES string of the molecule is C[C@H]1C[C@H](C)CN(c2nc(NCc3ccccc3)nc(N)c2[N+](=O)[O-])C1. The summed E-state index contributed by atoms with van der Waals surface area (Å²) < 4.78 is 0. The average molecular weight is 356 g/mol. The van der Waals surface area contributed by atoms with Crippen molar-refractivity contribution in [2.75, 3.05) is 29.0 Å². The van der Waals surface area contributed by atoms with Gasteiger partial charge in [0.2, 0.25) is 17.6 Å². The monoisotopic (exact) mass is 356 g/mol. The van der Waals surface area contributed by atoms with Crippen LogP contribution in [0.2, 0.25) is 0 Å². The molecule has 0 unspecified atom stereocenters. The molecule has 3 N–H and O–H groups in total. The highest BCUT2D eigenvalue weighted by atomic mass is 16.6. The normalized spacial score (nSPS) is 20.0. The largest absolute Gasteiger partial charge is 0.378 e. The second-order valence-corrected chi connectivity index (χ2v) is 7.05. The maximum atomic E-state index is 11.5. The smallest absolute Gasteiger partial charge is 0.353 e. The summed E-state index contributed by atoms with van der Waals surface area (Å²) in [7, 11) is 0. The fraction of sp³-hybridized carbons (Fsp3) is 0.444. The van der Waals surface area contributed by atoms with Gasteiger partial charge in [0.05, 0.1) is 4.92 Å². The maximum absolute atomic E-state index is 11.5. The van der Waals surface area contributed by atoms with Gasteiger partial charge >= 0.3 is 5.69 Å². The number of nitro groups is 1. The Balaban J connectivity index is 1.90. The van der Waals surface area contributed by atoms with Crippen LogP contribution in [0.25, 0.3) is 0 Å². The fourth-order valence-corrected chi connectivity index (χ4v) is 3.55. The van der Waals surface area contributed by atoms with Crippen molar-refractivity contribution in [3.05, 3.63) is 46.0 Å². The Morgan fingerprint density at radius 1 is 1.23 bits per heavy atom. The summed E-state index contributed by atoms with van der Waals surface area (Å²) in [4.78, 5) is 21.5. The lowest BCUT2D eigenvalue weighted by atomic mass is 9.92. The Morgan fingerprint density at radius 3 is 2.50 bits per heavy atom. The summed E-state index contributed by atoms with van der Waals surface area (Å²) in [6.07, 6.45) is 1.10. The lowest BCUT2D eigenvalue weighted by Gasteiger charge is -2.35. The molecule has 2 heterocycles. The molecule has 138 valence electrons. The summed E-state index contributed by atoms with van der Waals surface area (Å²) in [5.74, 6) is 1.38. The highest BCUT2D eigenvalue weighted by Crippen LogP contribution is 2.35. The van der Waals surface area contributed by atoms with Gasteiger partial charge in [-0.1, -0.05) is 44.2 Å². The van der Waals surface area contributed by atoms with Crippen molar-refractivity contribution >= 4 is 23.3 Å². The van der Waals surface area contributed by atoms with Gasteiger partial charge in [0.15, 0.2) is 0 Å². The average Bonchev–Trinajstić information content (AvgIpc) is 2.59. The van der Waals surface area contributed by atoms with E-state index < -0.39 is 4.92 Å². The molecule has 1 fully saturated rings. The minimum absolute atomic E-state index is 0.110. The first-order valence-corrected chi connectivity index (χ1v) is 8.78. The number of hydrogen-bond acceptors (Lipinski definition) is 7. The van der Waals surface area contributed by atoms with Crippen molar-refractivity contribution < 1.29 is 4.92 Å². The van der Waals surface area contributed by atoms with Gasteiger partial charge < -0.3 is 16.0 Å². The summed E-state index contributed by atoms with van der Waals surface area (Å²) >= 11 is 0. The Bertz CT molecular complexity index is 773. The van der Waals surface area contributed by atoms with Crippen LogP contribution >= 0.6 is 0 Å². The van der Waals surface area contributed by atoms with Crippen LogP contribution in [0.15, 0.2) is 30.3 Å². The lowest BCUT2D eigenvalue weighted by Crippen LogP contribution is -2.39. The van der Waals surface area contributed by atoms with Gasteiger partial charge in [-0.3, -0.25) is 10.1 Å². The minimum atomic E-state index is -0.490. The first kappa shape index (κ1) is 17.9. The summed E-state index contributed by atoms with van der Waals surface area (Å²) in [6, 6.07) is 9.81. The first-order chi connectivity index (χ1) is 12.4. The van der Waals surface area contributed by atoms with Gasteiger partial charge in [0, 0.05) is 19.6 Å². The third kappa shape index (κ3) is 4.01. The molecule has 26 heavy (non-hydrogen) atoms. The van der Waals surface area contributed by atoms with Gasteiger partial charge in [-0.25, -0.2) is 0 Å². The third-order valence-corrected chi connectivity index (χ3v) is 4.54. The number of nitrogens with two attached hydrogens (primary N) is 1. The molecule has 3 rings (SSSR count). The second-order valence-electron chi connectivity index (χ2n) is 7.05. The molecule has 0 radical (unpaired) electrons. The van der Waals surface area contributed by atoms with E-state index in [1.807, 2.05) is 35.2 Å². The molecule has 0 saturated carbocycles. The van der Waals surface area contributed by atoms with E-state index >= 15 is 0 Å². The van der Waals surface area contributed by atoms with Crippen LogP contribution in [0.1, 0.15) is 25.8 Å². The Morgan fingerprint density at radius 2 is 1.88 bits per heavy atom. The van der Waals surface area contributed by atoms with Gasteiger partial charge in [-0.2, -0.15) is 9.97 Å². The highest BCUT2D eigenvalue weighted by molar-refractivity contribution is 5.71. The zero-order valence-electron chi connectivity index (χ0n) is 15.1. The second kappa shape index (κ2) is 7.55. The fourth-order valence-electron chi connectivity index (χ4n) is 3.55.